The number of rotatable bonds is 9. The summed E-state index contributed by atoms with van der Waals surface area (Å²) in [5.41, 5.74) is 1.78. The molecule has 134 valence electrons. The molecule has 0 atom stereocenters. The highest BCUT2D eigenvalue weighted by molar-refractivity contribution is 5.55. The predicted molar refractivity (Wildman–Crippen MR) is 98.7 cm³/mol. The summed E-state index contributed by atoms with van der Waals surface area (Å²) in [5, 5.41) is 0. The van der Waals surface area contributed by atoms with E-state index in [1.54, 1.807) is 18.6 Å². The lowest BCUT2D eigenvalue weighted by molar-refractivity contribution is 0.119. The fourth-order valence-corrected chi connectivity index (χ4v) is 2.30. The Morgan fingerprint density at radius 3 is 2.85 bits per heavy atom. The molecule has 0 aromatic carbocycles. The molecule has 26 heavy (non-hydrogen) atoms. The maximum absolute atomic E-state index is 5.85. The van der Waals surface area contributed by atoms with Crippen LogP contribution < -0.4 is 4.74 Å². The molecule has 6 nitrogen and oxygen atoms in total. The standard InChI is InChI=1S/C20H21N3O3/c1-2-17-18(26-20(23-17)16-7-5-10-21-15-16)8-6-12-24-13-14-25-19-9-3-4-11-22-19/h3-11,15H,2,12-14H2,1H3/b8-6-. The molecular weight excluding hydrogens is 330 g/mol. The van der Waals surface area contributed by atoms with E-state index in [9.17, 15) is 0 Å². The quantitative estimate of drug-likeness (QED) is 0.546. The number of oxazole rings is 1. The molecule has 0 bridgehead atoms. The van der Waals surface area contributed by atoms with E-state index >= 15 is 0 Å². The average molecular weight is 351 g/mol. The minimum atomic E-state index is 0.457. The minimum absolute atomic E-state index is 0.457. The lowest BCUT2D eigenvalue weighted by Crippen LogP contribution is -2.07. The minimum Gasteiger partial charge on any atom is -0.475 e. The lowest BCUT2D eigenvalue weighted by Gasteiger charge is -2.04. The summed E-state index contributed by atoms with van der Waals surface area (Å²) in [6.07, 6.45) is 9.76. The molecule has 3 aromatic heterocycles. The molecule has 0 saturated heterocycles. The van der Waals surface area contributed by atoms with Gasteiger partial charge in [0.15, 0.2) is 5.76 Å². The van der Waals surface area contributed by atoms with Gasteiger partial charge in [-0.15, -0.1) is 0 Å². The Morgan fingerprint density at radius 2 is 2.08 bits per heavy atom. The lowest BCUT2D eigenvalue weighted by atomic mass is 10.2. The number of pyridine rings is 2. The van der Waals surface area contributed by atoms with E-state index in [0.29, 0.717) is 31.6 Å². The van der Waals surface area contributed by atoms with E-state index in [1.165, 1.54) is 0 Å². The maximum Gasteiger partial charge on any atom is 0.228 e. The largest absolute Gasteiger partial charge is 0.475 e. The normalized spacial score (nSPS) is 11.1. The van der Waals surface area contributed by atoms with Crippen molar-refractivity contribution in [3.63, 3.8) is 0 Å². The van der Waals surface area contributed by atoms with Crippen LogP contribution in [0.1, 0.15) is 18.4 Å². The van der Waals surface area contributed by atoms with Gasteiger partial charge in [-0.3, -0.25) is 4.98 Å². The molecule has 0 saturated carbocycles. The Hall–Kier alpha value is -2.99. The van der Waals surface area contributed by atoms with E-state index in [1.807, 2.05) is 49.4 Å². The van der Waals surface area contributed by atoms with Crippen LogP contribution in [-0.4, -0.2) is 34.8 Å². The van der Waals surface area contributed by atoms with Gasteiger partial charge in [-0.05, 0) is 30.7 Å². The summed E-state index contributed by atoms with van der Waals surface area (Å²) >= 11 is 0. The first-order valence-electron chi connectivity index (χ1n) is 8.55. The SMILES string of the molecule is CCc1nc(-c2cccnc2)oc1/C=C\COCCOc1ccccn1. The van der Waals surface area contributed by atoms with Crippen molar-refractivity contribution in [3.05, 3.63) is 66.5 Å². The van der Waals surface area contributed by atoms with Crippen LogP contribution in [-0.2, 0) is 11.2 Å². The van der Waals surface area contributed by atoms with Gasteiger partial charge in [0.25, 0.3) is 0 Å². The zero-order chi connectivity index (χ0) is 18.0. The van der Waals surface area contributed by atoms with Crippen molar-refractivity contribution in [2.24, 2.45) is 0 Å². The summed E-state index contributed by atoms with van der Waals surface area (Å²) in [4.78, 5) is 12.7. The van der Waals surface area contributed by atoms with Crippen molar-refractivity contribution >= 4 is 6.08 Å². The van der Waals surface area contributed by atoms with Crippen molar-refractivity contribution in [2.45, 2.75) is 13.3 Å². The van der Waals surface area contributed by atoms with E-state index < -0.39 is 0 Å². The summed E-state index contributed by atoms with van der Waals surface area (Å²) in [6, 6.07) is 9.34. The molecule has 0 aliphatic heterocycles. The van der Waals surface area contributed by atoms with Crippen LogP contribution in [0.4, 0.5) is 0 Å². The van der Waals surface area contributed by atoms with Crippen molar-refractivity contribution in [3.8, 4) is 17.3 Å². The Kier molecular flexibility index (Phi) is 6.50. The third-order valence-electron chi connectivity index (χ3n) is 3.57. The van der Waals surface area contributed by atoms with Gasteiger partial charge in [-0.1, -0.05) is 19.1 Å². The highest BCUT2D eigenvalue weighted by Crippen LogP contribution is 2.22. The zero-order valence-corrected chi connectivity index (χ0v) is 14.7. The van der Waals surface area contributed by atoms with Gasteiger partial charge in [0.1, 0.15) is 6.61 Å². The average Bonchev–Trinajstić information content (AvgIpc) is 3.12. The molecule has 0 unspecified atom stereocenters. The second-order valence-electron chi connectivity index (χ2n) is 5.42. The van der Waals surface area contributed by atoms with Gasteiger partial charge in [-0.2, -0.15) is 0 Å². The first kappa shape index (κ1) is 17.8. The van der Waals surface area contributed by atoms with Crippen molar-refractivity contribution in [1.82, 2.24) is 15.0 Å². The third-order valence-corrected chi connectivity index (χ3v) is 3.57. The van der Waals surface area contributed by atoms with E-state index in [2.05, 4.69) is 15.0 Å². The van der Waals surface area contributed by atoms with Gasteiger partial charge in [0.05, 0.1) is 24.5 Å². The number of aryl methyl sites for hydroxylation is 1. The van der Waals surface area contributed by atoms with E-state index in [-0.39, 0.29) is 0 Å². The van der Waals surface area contributed by atoms with Crippen LogP contribution in [0, 0.1) is 0 Å². The van der Waals surface area contributed by atoms with Crippen molar-refractivity contribution < 1.29 is 13.9 Å². The molecule has 6 heteroatoms. The molecule has 3 aromatic rings. The van der Waals surface area contributed by atoms with E-state index in [4.69, 9.17) is 13.9 Å². The third kappa shape index (κ3) is 5.00. The molecule has 0 radical (unpaired) electrons. The van der Waals surface area contributed by atoms with Crippen LogP contribution in [0.15, 0.2) is 59.4 Å². The number of hydrogen-bond acceptors (Lipinski definition) is 6. The molecule has 0 amide bonds. The molecule has 0 aliphatic rings. The van der Waals surface area contributed by atoms with Gasteiger partial charge in [-0.25, -0.2) is 9.97 Å². The number of ether oxygens (including phenoxy) is 2. The Morgan fingerprint density at radius 1 is 1.12 bits per heavy atom. The predicted octanol–water partition coefficient (Wildman–Crippen LogP) is 3.80. The topological polar surface area (TPSA) is 70.3 Å². The molecule has 0 fully saturated rings. The number of hydrogen-bond donors (Lipinski definition) is 0. The maximum atomic E-state index is 5.85. The fourth-order valence-electron chi connectivity index (χ4n) is 2.30. The summed E-state index contributed by atoms with van der Waals surface area (Å²) in [7, 11) is 0. The van der Waals surface area contributed by atoms with Crippen LogP contribution >= 0.6 is 0 Å². The highest BCUT2D eigenvalue weighted by atomic mass is 16.5. The first-order chi connectivity index (χ1) is 12.9. The number of aromatic nitrogens is 3. The van der Waals surface area contributed by atoms with Crippen LogP contribution in [0.3, 0.4) is 0 Å². The first-order valence-corrected chi connectivity index (χ1v) is 8.55. The summed E-state index contributed by atoms with van der Waals surface area (Å²) < 4.78 is 16.8. The fraction of sp³-hybridized carbons (Fsp3) is 0.250. The molecule has 0 N–H and O–H groups in total. The molecule has 3 rings (SSSR count). The van der Waals surface area contributed by atoms with E-state index in [0.717, 1.165) is 23.4 Å². The van der Waals surface area contributed by atoms with Crippen LogP contribution in [0.5, 0.6) is 5.88 Å². The van der Waals surface area contributed by atoms with Gasteiger partial charge in [0, 0.05) is 24.7 Å². The molecule has 0 aliphatic carbocycles. The van der Waals surface area contributed by atoms with Gasteiger partial charge >= 0.3 is 0 Å². The van der Waals surface area contributed by atoms with Crippen molar-refractivity contribution in [1.29, 1.82) is 0 Å². The van der Waals surface area contributed by atoms with Gasteiger partial charge < -0.3 is 13.9 Å². The molecule has 3 heterocycles. The smallest absolute Gasteiger partial charge is 0.228 e. The monoisotopic (exact) mass is 351 g/mol. The zero-order valence-electron chi connectivity index (χ0n) is 14.7. The van der Waals surface area contributed by atoms with Gasteiger partial charge in [0.2, 0.25) is 11.8 Å². The Balaban J connectivity index is 1.47. The summed E-state index contributed by atoms with van der Waals surface area (Å²) in [6.45, 7) is 3.46. The van der Waals surface area contributed by atoms with Crippen LogP contribution in [0.2, 0.25) is 0 Å². The Bertz CT molecular complexity index is 817. The second kappa shape index (κ2) is 9.48. The van der Waals surface area contributed by atoms with Crippen molar-refractivity contribution in [2.75, 3.05) is 19.8 Å². The summed E-state index contributed by atoms with van der Waals surface area (Å²) in [5.74, 6) is 1.93. The highest BCUT2D eigenvalue weighted by Gasteiger charge is 2.11. The van der Waals surface area contributed by atoms with Crippen LogP contribution in [0.25, 0.3) is 17.5 Å². The molecule has 0 spiro atoms. The molecular formula is C20H21N3O3. The Labute approximate surface area is 152 Å². The number of nitrogens with zero attached hydrogens (tertiary/aromatic N) is 3. The second-order valence-corrected chi connectivity index (χ2v) is 5.42.